The van der Waals surface area contributed by atoms with Crippen LogP contribution in [0, 0.1) is 10.1 Å². The van der Waals surface area contributed by atoms with Gasteiger partial charge in [0.1, 0.15) is 0 Å². The Hall–Kier alpha value is -6.91. The molecule has 57 heavy (non-hydrogen) atoms. The fourth-order valence-corrected chi connectivity index (χ4v) is 8.30. The number of non-ortho nitro benzene ring substituents is 1. The Bertz CT molecular complexity index is 2820. The summed E-state index contributed by atoms with van der Waals surface area (Å²) in [5.74, 6) is -0.245. The van der Waals surface area contributed by atoms with Crippen LogP contribution in [0.3, 0.4) is 0 Å². The normalized spacial score (nSPS) is 14.0. The van der Waals surface area contributed by atoms with Crippen LogP contribution in [0.15, 0.2) is 161 Å². The smallest absolute Gasteiger partial charge is 0.338 e. The molecule has 0 amide bonds. The number of nitro benzene ring substituents is 1. The largest absolute Gasteiger partial charge is 0.463 e. The predicted molar refractivity (Wildman–Crippen MR) is 225 cm³/mol. The van der Waals surface area contributed by atoms with Gasteiger partial charge in [-0.05, 0) is 59.4 Å². The maximum Gasteiger partial charge on any atom is 0.338 e. The first-order valence-corrected chi connectivity index (χ1v) is 19.5. The highest BCUT2D eigenvalue weighted by molar-refractivity contribution is 7.07. The van der Waals surface area contributed by atoms with Gasteiger partial charge in [-0.25, -0.2) is 9.79 Å². The van der Waals surface area contributed by atoms with Crippen molar-refractivity contribution in [2.45, 2.75) is 32.7 Å². The second kappa shape index (κ2) is 15.7. The van der Waals surface area contributed by atoms with E-state index in [0.717, 1.165) is 50.5 Å². The van der Waals surface area contributed by atoms with Crippen LogP contribution in [0.4, 0.5) is 5.69 Å². The molecule has 1 atom stereocenters. The van der Waals surface area contributed by atoms with E-state index in [1.54, 1.807) is 23.6 Å². The van der Waals surface area contributed by atoms with Crippen molar-refractivity contribution in [1.82, 2.24) is 9.13 Å². The van der Waals surface area contributed by atoms with E-state index in [1.807, 2.05) is 127 Å². The molecule has 0 spiro atoms. The van der Waals surface area contributed by atoms with E-state index < -0.39 is 16.9 Å². The zero-order valence-corrected chi connectivity index (χ0v) is 32.4. The first-order chi connectivity index (χ1) is 27.7. The van der Waals surface area contributed by atoms with E-state index in [0.29, 0.717) is 26.5 Å². The molecule has 7 aromatic rings. The molecular formula is C47H38N4O5S. The second-order valence-electron chi connectivity index (χ2n) is 13.9. The number of hydrogen-bond acceptors (Lipinski definition) is 7. The minimum absolute atomic E-state index is 0.0137. The number of esters is 1. The molecule has 2 aromatic heterocycles. The summed E-state index contributed by atoms with van der Waals surface area (Å²) in [5.41, 5.74) is 7.99. The van der Waals surface area contributed by atoms with Crippen LogP contribution in [-0.2, 0) is 9.53 Å². The fourth-order valence-electron chi connectivity index (χ4n) is 7.30. The fraction of sp³-hybridized carbons (Fsp3) is 0.128. The van der Waals surface area contributed by atoms with Crippen LogP contribution >= 0.6 is 11.3 Å². The molecule has 8 rings (SSSR count). The molecule has 0 radical (unpaired) electrons. The highest BCUT2D eigenvalue weighted by Crippen LogP contribution is 2.38. The van der Waals surface area contributed by atoms with Gasteiger partial charge in [0.05, 0.1) is 44.8 Å². The van der Waals surface area contributed by atoms with Crippen molar-refractivity contribution in [2.24, 2.45) is 4.99 Å². The summed E-state index contributed by atoms with van der Waals surface area (Å²) in [7, 11) is 0. The van der Waals surface area contributed by atoms with Crippen LogP contribution in [0.2, 0.25) is 0 Å². The number of nitro groups is 1. The van der Waals surface area contributed by atoms with Crippen LogP contribution in [0.25, 0.3) is 40.0 Å². The topological polar surface area (TPSA) is 109 Å². The summed E-state index contributed by atoms with van der Waals surface area (Å²) in [6.45, 7) is 6.17. The summed E-state index contributed by atoms with van der Waals surface area (Å²) < 4.78 is 9.79. The molecule has 0 aliphatic carbocycles. The first-order valence-electron chi connectivity index (χ1n) is 18.7. The molecule has 0 fully saturated rings. The lowest BCUT2D eigenvalue weighted by Gasteiger charge is -2.26. The van der Waals surface area contributed by atoms with Crippen molar-refractivity contribution in [2.75, 3.05) is 6.61 Å². The van der Waals surface area contributed by atoms with Crippen molar-refractivity contribution >= 4 is 34.8 Å². The number of nitrogens with zero attached hydrogens (tertiary/aromatic N) is 4. The summed E-state index contributed by atoms with van der Waals surface area (Å²) >= 11 is 1.26. The Morgan fingerprint density at radius 1 is 0.842 bits per heavy atom. The van der Waals surface area contributed by atoms with Crippen LogP contribution in [-0.4, -0.2) is 26.6 Å². The molecule has 5 aromatic carbocycles. The second-order valence-corrected chi connectivity index (χ2v) is 14.9. The van der Waals surface area contributed by atoms with E-state index in [2.05, 4.69) is 18.4 Å². The van der Waals surface area contributed by atoms with Gasteiger partial charge in [0.2, 0.25) is 0 Å². The van der Waals surface area contributed by atoms with Crippen molar-refractivity contribution in [3.63, 3.8) is 0 Å². The Balaban J connectivity index is 1.42. The Morgan fingerprint density at radius 2 is 1.44 bits per heavy atom. The third-order valence-electron chi connectivity index (χ3n) is 10.0. The molecule has 0 saturated carbocycles. The monoisotopic (exact) mass is 770 g/mol. The minimum Gasteiger partial charge on any atom is -0.463 e. The lowest BCUT2D eigenvalue weighted by atomic mass is 9.91. The minimum atomic E-state index is -0.808. The molecule has 9 nitrogen and oxygen atoms in total. The number of rotatable bonds is 10. The highest BCUT2D eigenvalue weighted by Gasteiger charge is 2.35. The summed E-state index contributed by atoms with van der Waals surface area (Å²) in [5, 5.41) is 11.6. The van der Waals surface area contributed by atoms with Crippen LogP contribution < -0.4 is 14.9 Å². The predicted octanol–water partition coefficient (Wildman–Crippen LogP) is 9.09. The third-order valence-corrected chi connectivity index (χ3v) is 11.0. The quantitative estimate of drug-likeness (QED) is 0.0784. The summed E-state index contributed by atoms with van der Waals surface area (Å²) in [6, 6.07) is 45.0. The van der Waals surface area contributed by atoms with E-state index in [-0.39, 0.29) is 17.9 Å². The van der Waals surface area contributed by atoms with Gasteiger partial charge >= 0.3 is 5.97 Å². The van der Waals surface area contributed by atoms with E-state index in [1.165, 1.54) is 23.5 Å². The lowest BCUT2D eigenvalue weighted by Crippen LogP contribution is -2.40. The van der Waals surface area contributed by atoms with Gasteiger partial charge in [0.15, 0.2) is 4.80 Å². The maximum atomic E-state index is 15.0. The Kier molecular flexibility index (Phi) is 10.2. The molecule has 0 N–H and O–H groups in total. The lowest BCUT2D eigenvalue weighted by molar-refractivity contribution is -0.384. The molecule has 10 heteroatoms. The van der Waals surface area contributed by atoms with Gasteiger partial charge in [-0.15, -0.1) is 0 Å². The number of ether oxygens (including phenoxy) is 1. The molecule has 0 saturated heterocycles. The number of hydrogen-bond donors (Lipinski definition) is 0. The maximum absolute atomic E-state index is 15.0. The third kappa shape index (κ3) is 7.07. The Labute approximate surface area is 333 Å². The standard InChI is InChI=1S/C47H38N4O5S/c1-4-56-46(53)41-42(33-16-10-6-11-17-33)48-47-50(44(41)35-22-20-31(21-23-35)30(2)3)45(52)40(57-47)29-36-28-39(32-14-8-5-9-15-32)49(43(36)34-18-12-7-13-19-34)37-24-26-38(27-25-37)51(54)55/h5-30,44H,4H2,1-3H3/b40-29-/t44-/m0/s1. The van der Waals surface area contributed by atoms with Crippen LogP contribution in [0.1, 0.15) is 55.0 Å². The van der Waals surface area contributed by atoms with E-state index in [4.69, 9.17) is 9.73 Å². The molecule has 0 unspecified atom stereocenters. The Morgan fingerprint density at radius 3 is 2.02 bits per heavy atom. The number of carbonyl (C=O) groups excluding carboxylic acids is 1. The zero-order valence-electron chi connectivity index (χ0n) is 31.5. The van der Waals surface area contributed by atoms with Gasteiger partial charge in [-0.1, -0.05) is 140 Å². The SMILES string of the molecule is CCOC(=O)C1=C(c2ccccc2)N=c2s/c(=C\c3cc(-c4ccccc4)n(-c4ccc([N+](=O)[O-])cc4)c3-c3ccccc3)c(=O)n2[C@H]1c1ccc(C(C)C)cc1. The average Bonchev–Trinajstić information content (AvgIpc) is 3.78. The number of carbonyl (C=O) groups is 1. The van der Waals surface area contributed by atoms with Crippen molar-refractivity contribution < 1.29 is 14.5 Å². The van der Waals surface area contributed by atoms with Gasteiger partial charge < -0.3 is 9.30 Å². The average molecular weight is 771 g/mol. The highest BCUT2D eigenvalue weighted by atomic mass is 32.1. The zero-order chi connectivity index (χ0) is 39.6. The molecule has 1 aliphatic heterocycles. The molecular weight excluding hydrogens is 733 g/mol. The van der Waals surface area contributed by atoms with Gasteiger partial charge in [-0.3, -0.25) is 19.5 Å². The van der Waals surface area contributed by atoms with Gasteiger partial charge in [-0.2, -0.15) is 0 Å². The summed E-state index contributed by atoms with van der Waals surface area (Å²) in [6.07, 6.45) is 1.88. The molecule has 0 bridgehead atoms. The van der Waals surface area contributed by atoms with Crippen molar-refractivity contribution in [3.05, 3.63) is 203 Å². The number of fused-ring (bicyclic) bond motifs is 1. The van der Waals surface area contributed by atoms with Gasteiger partial charge in [0.25, 0.3) is 11.2 Å². The number of benzene rings is 5. The number of thiazole rings is 1. The molecule has 3 heterocycles. The molecule has 1 aliphatic rings. The summed E-state index contributed by atoms with van der Waals surface area (Å²) in [4.78, 5) is 45.7. The van der Waals surface area contributed by atoms with Gasteiger partial charge in [0, 0.05) is 28.9 Å². The van der Waals surface area contributed by atoms with Crippen molar-refractivity contribution in [3.8, 4) is 28.2 Å². The van der Waals surface area contributed by atoms with Crippen molar-refractivity contribution in [1.29, 1.82) is 0 Å². The number of aromatic nitrogens is 2. The van der Waals surface area contributed by atoms with E-state index >= 15 is 0 Å². The molecule has 282 valence electrons. The van der Waals surface area contributed by atoms with Crippen LogP contribution in [0.5, 0.6) is 0 Å². The first kappa shape index (κ1) is 37.0. The van der Waals surface area contributed by atoms with E-state index in [9.17, 15) is 19.7 Å².